The summed E-state index contributed by atoms with van der Waals surface area (Å²) in [5, 5.41) is 2.74. The summed E-state index contributed by atoms with van der Waals surface area (Å²) in [7, 11) is -2.21. The summed E-state index contributed by atoms with van der Waals surface area (Å²) in [6.45, 7) is 0.933. The third-order valence-electron chi connectivity index (χ3n) is 5.24. The van der Waals surface area contributed by atoms with Gasteiger partial charge in [-0.05, 0) is 66.9 Å². The highest BCUT2D eigenvalue weighted by Crippen LogP contribution is 2.37. The fourth-order valence-corrected chi connectivity index (χ4v) is 5.24. The van der Waals surface area contributed by atoms with Gasteiger partial charge in [0, 0.05) is 13.1 Å². The highest BCUT2D eigenvalue weighted by Gasteiger charge is 2.27. The number of amides is 1. The van der Waals surface area contributed by atoms with E-state index in [1.165, 1.54) is 41.7 Å². The molecule has 1 amide bonds. The van der Waals surface area contributed by atoms with Crippen molar-refractivity contribution in [3.63, 3.8) is 0 Å². The number of carbonyl (C=O) groups is 1. The average molecular weight is 491 g/mol. The highest BCUT2D eigenvalue weighted by molar-refractivity contribution is 7.89. The van der Waals surface area contributed by atoms with E-state index in [1.54, 1.807) is 24.3 Å². The number of piperidine rings is 1. The zero-order chi connectivity index (χ0) is 23.4. The molecule has 2 heterocycles. The first-order valence-corrected chi connectivity index (χ1v) is 12.2. The van der Waals surface area contributed by atoms with E-state index in [1.807, 2.05) is 0 Å². The van der Waals surface area contributed by atoms with Crippen LogP contribution in [-0.2, 0) is 10.0 Å². The SMILES string of the molecule is COc1ccccc1Oc1ccc(S(=O)(=O)N2CCCCC2)cc1NC(=O)c1ccc(Cl)o1. The molecular weight excluding hydrogens is 468 g/mol. The first kappa shape index (κ1) is 23.2. The molecule has 10 heteroatoms. The van der Waals surface area contributed by atoms with E-state index in [0.717, 1.165) is 19.3 Å². The molecule has 1 aliphatic rings. The minimum atomic E-state index is -3.73. The number of furan rings is 1. The lowest BCUT2D eigenvalue weighted by Gasteiger charge is -2.26. The van der Waals surface area contributed by atoms with Gasteiger partial charge in [-0.25, -0.2) is 8.42 Å². The van der Waals surface area contributed by atoms with Crippen LogP contribution < -0.4 is 14.8 Å². The van der Waals surface area contributed by atoms with Crippen molar-refractivity contribution in [2.24, 2.45) is 0 Å². The zero-order valence-corrected chi connectivity index (χ0v) is 19.5. The van der Waals surface area contributed by atoms with Crippen molar-refractivity contribution in [1.82, 2.24) is 4.31 Å². The monoisotopic (exact) mass is 490 g/mol. The Kier molecular flexibility index (Phi) is 6.92. The smallest absolute Gasteiger partial charge is 0.291 e. The van der Waals surface area contributed by atoms with Gasteiger partial charge >= 0.3 is 0 Å². The molecule has 0 saturated carbocycles. The van der Waals surface area contributed by atoms with Gasteiger partial charge in [-0.15, -0.1) is 0 Å². The Morgan fingerprint density at radius 3 is 2.39 bits per heavy atom. The van der Waals surface area contributed by atoms with Crippen LogP contribution in [0.4, 0.5) is 5.69 Å². The average Bonchev–Trinajstić information content (AvgIpc) is 3.27. The Balaban J connectivity index is 1.71. The van der Waals surface area contributed by atoms with E-state index in [9.17, 15) is 13.2 Å². The maximum Gasteiger partial charge on any atom is 0.291 e. The molecule has 1 N–H and O–H groups in total. The second-order valence-corrected chi connectivity index (χ2v) is 9.74. The quantitative estimate of drug-likeness (QED) is 0.491. The largest absolute Gasteiger partial charge is 0.493 e. The molecule has 0 atom stereocenters. The van der Waals surface area contributed by atoms with E-state index in [2.05, 4.69) is 5.32 Å². The fraction of sp³-hybridized carbons (Fsp3) is 0.261. The number of ether oxygens (including phenoxy) is 2. The number of nitrogens with zero attached hydrogens (tertiary/aromatic N) is 1. The first-order valence-electron chi connectivity index (χ1n) is 10.4. The van der Waals surface area contributed by atoms with E-state index >= 15 is 0 Å². The van der Waals surface area contributed by atoms with Crippen molar-refractivity contribution in [1.29, 1.82) is 0 Å². The van der Waals surface area contributed by atoms with E-state index in [4.69, 9.17) is 25.5 Å². The third kappa shape index (κ3) is 5.16. The van der Waals surface area contributed by atoms with Crippen LogP contribution in [0.25, 0.3) is 0 Å². The molecule has 0 unspecified atom stereocenters. The van der Waals surface area contributed by atoms with Gasteiger partial charge in [0.25, 0.3) is 5.91 Å². The normalized spacial score (nSPS) is 14.6. The predicted molar refractivity (Wildman–Crippen MR) is 124 cm³/mol. The van der Waals surface area contributed by atoms with Crippen LogP contribution in [0.3, 0.4) is 0 Å². The second kappa shape index (κ2) is 9.86. The number of anilines is 1. The molecule has 4 rings (SSSR count). The van der Waals surface area contributed by atoms with Gasteiger partial charge in [0.1, 0.15) is 0 Å². The molecule has 1 aliphatic heterocycles. The predicted octanol–water partition coefficient (Wildman–Crippen LogP) is 5.16. The molecule has 1 aromatic heterocycles. The molecule has 1 fully saturated rings. The summed E-state index contributed by atoms with van der Waals surface area (Å²) in [6.07, 6.45) is 2.64. The van der Waals surface area contributed by atoms with Gasteiger partial charge in [-0.3, -0.25) is 4.79 Å². The Hall–Kier alpha value is -3.01. The summed E-state index contributed by atoms with van der Waals surface area (Å²) < 4.78 is 44.3. The van der Waals surface area contributed by atoms with Crippen molar-refractivity contribution in [3.05, 3.63) is 65.6 Å². The number of benzene rings is 2. The molecule has 1 saturated heterocycles. The van der Waals surface area contributed by atoms with Crippen LogP contribution in [0, 0.1) is 0 Å². The van der Waals surface area contributed by atoms with Crippen LogP contribution >= 0.6 is 11.6 Å². The summed E-state index contributed by atoms with van der Waals surface area (Å²) in [6, 6.07) is 14.2. The lowest BCUT2D eigenvalue weighted by Crippen LogP contribution is -2.35. The lowest BCUT2D eigenvalue weighted by molar-refractivity contribution is 0.0996. The van der Waals surface area contributed by atoms with Gasteiger partial charge < -0.3 is 19.2 Å². The van der Waals surface area contributed by atoms with Crippen LogP contribution in [0.5, 0.6) is 17.2 Å². The van der Waals surface area contributed by atoms with E-state index in [0.29, 0.717) is 24.6 Å². The number of sulfonamides is 1. The van der Waals surface area contributed by atoms with Gasteiger partial charge in [0.2, 0.25) is 10.0 Å². The number of hydrogen-bond acceptors (Lipinski definition) is 6. The lowest BCUT2D eigenvalue weighted by atomic mass is 10.2. The number of methoxy groups -OCH3 is 1. The van der Waals surface area contributed by atoms with Crippen molar-refractivity contribution >= 4 is 33.2 Å². The van der Waals surface area contributed by atoms with Gasteiger partial charge in [-0.1, -0.05) is 18.6 Å². The summed E-state index contributed by atoms with van der Waals surface area (Å²) in [4.78, 5) is 12.8. The number of para-hydroxylation sites is 2. The Morgan fingerprint density at radius 1 is 1.00 bits per heavy atom. The fourth-order valence-electron chi connectivity index (χ4n) is 3.55. The number of nitrogens with one attached hydrogen (secondary N) is 1. The number of hydrogen-bond donors (Lipinski definition) is 1. The molecule has 0 spiro atoms. The number of carbonyl (C=O) groups excluding carboxylic acids is 1. The first-order chi connectivity index (χ1) is 15.9. The van der Waals surface area contributed by atoms with Gasteiger partial charge in [0.05, 0.1) is 17.7 Å². The highest BCUT2D eigenvalue weighted by atomic mass is 35.5. The summed E-state index contributed by atoms with van der Waals surface area (Å²) in [5.74, 6) is 0.510. The molecule has 8 nitrogen and oxygen atoms in total. The Bertz CT molecular complexity index is 1250. The maximum atomic E-state index is 13.2. The zero-order valence-electron chi connectivity index (χ0n) is 17.9. The molecule has 33 heavy (non-hydrogen) atoms. The molecule has 0 aliphatic carbocycles. The van der Waals surface area contributed by atoms with E-state index in [-0.39, 0.29) is 27.3 Å². The van der Waals surface area contributed by atoms with Crippen molar-refractivity contribution in [3.8, 4) is 17.2 Å². The number of rotatable bonds is 7. The standard InChI is InChI=1S/C23H23ClN2O6S/c1-30-19-7-3-4-8-20(19)31-18-10-9-16(33(28,29)26-13-5-2-6-14-26)15-17(18)25-23(27)21-11-12-22(24)32-21/h3-4,7-12,15H,2,5-6,13-14H2,1H3,(H,25,27). The van der Waals surface area contributed by atoms with Gasteiger partial charge in [0.15, 0.2) is 28.2 Å². The third-order valence-corrected chi connectivity index (χ3v) is 7.34. The minimum absolute atomic E-state index is 0.0208. The summed E-state index contributed by atoms with van der Waals surface area (Å²) in [5.41, 5.74) is 0.163. The molecule has 0 bridgehead atoms. The van der Waals surface area contributed by atoms with Crippen molar-refractivity contribution < 1.29 is 27.1 Å². The van der Waals surface area contributed by atoms with Gasteiger partial charge in [-0.2, -0.15) is 4.31 Å². The maximum absolute atomic E-state index is 13.2. The van der Waals surface area contributed by atoms with Crippen LogP contribution in [0.2, 0.25) is 5.22 Å². The molecule has 174 valence electrons. The number of halogens is 1. The minimum Gasteiger partial charge on any atom is -0.493 e. The molecular formula is C23H23ClN2O6S. The summed E-state index contributed by atoms with van der Waals surface area (Å²) >= 11 is 5.78. The molecule has 0 radical (unpaired) electrons. The van der Waals surface area contributed by atoms with Crippen molar-refractivity contribution in [2.45, 2.75) is 24.2 Å². The topological polar surface area (TPSA) is 98.1 Å². The molecule has 3 aromatic rings. The van der Waals surface area contributed by atoms with Crippen LogP contribution in [-0.4, -0.2) is 38.8 Å². The van der Waals surface area contributed by atoms with Crippen LogP contribution in [0.15, 0.2) is 63.9 Å². The molecule has 2 aromatic carbocycles. The Morgan fingerprint density at radius 2 is 1.73 bits per heavy atom. The van der Waals surface area contributed by atoms with Crippen molar-refractivity contribution in [2.75, 3.05) is 25.5 Å². The second-order valence-electron chi connectivity index (χ2n) is 7.43. The van der Waals surface area contributed by atoms with E-state index < -0.39 is 15.9 Å². The Labute approximate surface area is 197 Å². The van der Waals surface area contributed by atoms with Crippen LogP contribution in [0.1, 0.15) is 29.8 Å².